The molecular weight excluding hydrogens is 460 g/mol. The van der Waals surface area contributed by atoms with Crippen LogP contribution in [-0.2, 0) is 17.9 Å². The third kappa shape index (κ3) is 4.88. The predicted molar refractivity (Wildman–Crippen MR) is 106 cm³/mol. The van der Waals surface area contributed by atoms with Crippen LogP contribution in [-0.4, -0.2) is 25.5 Å². The fourth-order valence-corrected chi connectivity index (χ4v) is 3.21. The van der Waals surface area contributed by atoms with Gasteiger partial charge in [0.25, 0.3) is 0 Å². The third-order valence-electron chi connectivity index (χ3n) is 3.81. The Morgan fingerprint density at radius 1 is 1.22 bits per heavy atom. The number of benzene rings is 1. The van der Waals surface area contributed by atoms with E-state index in [9.17, 15) is 9.18 Å². The molecule has 2 aromatic heterocycles. The van der Waals surface area contributed by atoms with Crippen molar-refractivity contribution in [2.24, 2.45) is 0 Å². The number of halogens is 4. The Labute approximate surface area is 173 Å². The van der Waals surface area contributed by atoms with Gasteiger partial charge in [-0.25, -0.2) is 4.39 Å². The van der Waals surface area contributed by atoms with Gasteiger partial charge in [-0.3, -0.25) is 14.2 Å². The van der Waals surface area contributed by atoms with E-state index in [1.54, 1.807) is 36.1 Å². The Morgan fingerprint density at radius 2 is 2.00 bits per heavy atom. The van der Waals surface area contributed by atoms with Gasteiger partial charge in [0.2, 0.25) is 5.91 Å². The summed E-state index contributed by atoms with van der Waals surface area (Å²) in [5.41, 5.74) is 1.04. The highest BCUT2D eigenvalue weighted by Gasteiger charge is 2.14. The predicted octanol–water partition coefficient (Wildman–Crippen LogP) is 4.67. The monoisotopic (exact) mass is 473 g/mol. The first-order valence-electron chi connectivity index (χ1n) is 7.98. The molecule has 0 saturated heterocycles. The number of aromatic nitrogens is 4. The Balaban J connectivity index is 1.63. The summed E-state index contributed by atoms with van der Waals surface area (Å²) in [7, 11) is 0. The van der Waals surface area contributed by atoms with Crippen LogP contribution in [0.1, 0.15) is 17.7 Å². The van der Waals surface area contributed by atoms with Crippen molar-refractivity contribution in [3.8, 4) is 0 Å². The van der Waals surface area contributed by atoms with E-state index >= 15 is 0 Å². The molecule has 0 aliphatic carbocycles. The number of carbonyl (C=O) groups is 1. The van der Waals surface area contributed by atoms with Gasteiger partial charge in [-0.2, -0.15) is 10.2 Å². The lowest BCUT2D eigenvalue weighted by Gasteiger charge is -2.06. The number of rotatable bonds is 6. The molecule has 0 unspecified atom stereocenters. The molecule has 1 amide bonds. The van der Waals surface area contributed by atoms with E-state index in [4.69, 9.17) is 23.2 Å². The average molecular weight is 475 g/mol. The lowest BCUT2D eigenvalue weighted by molar-refractivity contribution is -0.116. The van der Waals surface area contributed by atoms with Gasteiger partial charge in [0.15, 0.2) is 5.82 Å². The van der Waals surface area contributed by atoms with Crippen LogP contribution < -0.4 is 5.32 Å². The lowest BCUT2D eigenvalue weighted by Crippen LogP contribution is -2.15. The number of nitrogens with one attached hydrogen (secondary N) is 1. The van der Waals surface area contributed by atoms with Crippen molar-refractivity contribution in [3.63, 3.8) is 0 Å². The van der Waals surface area contributed by atoms with Crippen molar-refractivity contribution in [3.05, 3.63) is 62.2 Å². The highest BCUT2D eigenvalue weighted by atomic mass is 79.9. The fourth-order valence-electron chi connectivity index (χ4n) is 2.43. The Bertz CT molecular complexity index is 948. The Morgan fingerprint density at radius 3 is 2.67 bits per heavy atom. The second kappa shape index (κ2) is 8.41. The molecule has 0 radical (unpaired) electrons. The zero-order valence-electron chi connectivity index (χ0n) is 14.2. The molecule has 0 atom stereocenters. The van der Waals surface area contributed by atoms with Gasteiger partial charge in [0.1, 0.15) is 5.82 Å². The van der Waals surface area contributed by atoms with Gasteiger partial charge in [-0.05, 0) is 35.0 Å². The highest BCUT2D eigenvalue weighted by molar-refractivity contribution is 9.10. The minimum Gasteiger partial charge on any atom is -0.308 e. The maximum Gasteiger partial charge on any atom is 0.227 e. The number of amides is 1. The zero-order chi connectivity index (χ0) is 19.6. The number of hydrogen-bond donors (Lipinski definition) is 1. The lowest BCUT2D eigenvalue weighted by atomic mass is 10.2. The second-order valence-corrected chi connectivity index (χ2v) is 7.52. The van der Waals surface area contributed by atoms with Gasteiger partial charge in [-0.1, -0.05) is 29.3 Å². The Hall–Kier alpha value is -1.90. The van der Waals surface area contributed by atoms with E-state index in [-0.39, 0.29) is 18.9 Å². The molecular formula is C17H15BrCl2FN5O. The molecule has 2 heterocycles. The summed E-state index contributed by atoms with van der Waals surface area (Å²) in [4.78, 5) is 12.2. The highest BCUT2D eigenvalue weighted by Crippen LogP contribution is 2.24. The molecule has 0 bridgehead atoms. The normalized spacial score (nSPS) is 11.0. The van der Waals surface area contributed by atoms with E-state index in [1.807, 2.05) is 0 Å². The van der Waals surface area contributed by atoms with Gasteiger partial charge in [-0.15, -0.1) is 0 Å². The zero-order valence-corrected chi connectivity index (χ0v) is 17.3. The molecule has 27 heavy (non-hydrogen) atoms. The van der Waals surface area contributed by atoms with Crippen LogP contribution in [0.4, 0.5) is 10.2 Å². The maximum absolute atomic E-state index is 13.9. The molecule has 0 spiro atoms. The molecule has 3 aromatic rings. The van der Waals surface area contributed by atoms with Gasteiger partial charge < -0.3 is 5.32 Å². The van der Waals surface area contributed by atoms with E-state index in [0.717, 1.165) is 0 Å². The Kier molecular flexibility index (Phi) is 6.18. The molecule has 142 valence electrons. The molecule has 0 fully saturated rings. The fraction of sp³-hybridized carbons (Fsp3) is 0.235. The van der Waals surface area contributed by atoms with Gasteiger partial charge in [0, 0.05) is 35.9 Å². The van der Waals surface area contributed by atoms with Crippen molar-refractivity contribution >= 4 is 50.9 Å². The molecule has 0 aliphatic heterocycles. The maximum atomic E-state index is 13.9. The minimum absolute atomic E-state index is 0.144. The van der Waals surface area contributed by atoms with Crippen molar-refractivity contribution < 1.29 is 9.18 Å². The van der Waals surface area contributed by atoms with Crippen molar-refractivity contribution in [1.29, 1.82) is 0 Å². The van der Waals surface area contributed by atoms with Crippen LogP contribution in [0.25, 0.3) is 0 Å². The van der Waals surface area contributed by atoms with Crippen LogP contribution in [0.2, 0.25) is 10.0 Å². The van der Waals surface area contributed by atoms with Gasteiger partial charge >= 0.3 is 0 Å². The quantitative estimate of drug-likeness (QED) is 0.564. The summed E-state index contributed by atoms with van der Waals surface area (Å²) in [6, 6.07) is 4.50. The molecule has 1 aromatic carbocycles. The van der Waals surface area contributed by atoms with Crippen molar-refractivity contribution in [1.82, 2.24) is 19.6 Å². The topological polar surface area (TPSA) is 64.7 Å². The van der Waals surface area contributed by atoms with Crippen LogP contribution >= 0.6 is 39.1 Å². The standard InChI is InChI=1S/C17H15BrCl2FN5O/c1-10-14(20)9-25(23-10)6-5-16(27)22-17-12(18)8-26(24-17)7-11-13(19)3-2-4-15(11)21/h2-4,8-9H,5-7H2,1H3,(H,22,24,27). The number of carbonyl (C=O) groups excluding carboxylic acids is 1. The summed E-state index contributed by atoms with van der Waals surface area (Å²) in [6.45, 7) is 2.33. The van der Waals surface area contributed by atoms with E-state index in [2.05, 4.69) is 31.4 Å². The minimum atomic E-state index is -0.409. The number of anilines is 1. The first kappa shape index (κ1) is 19.9. The summed E-state index contributed by atoms with van der Waals surface area (Å²) in [6.07, 6.45) is 3.53. The first-order chi connectivity index (χ1) is 12.8. The number of aryl methyl sites for hydroxylation is 2. The van der Waals surface area contributed by atoms with E-state index in [0.29, 0.717) is 38.1 Å². The number of nitrogens with zero attached hydrogens (tertiary/aromatic N) is 4. The summed E-state index contributed by atoms with van der Waals surface area (Å²) >= 11 is 15.3. The number of hydrogen-bond acceptors (Lipinski definition) is 3. The molecule has 0 aliphatic rings. The van der Waals surface area contributed by atoms with E-state index in [1.165, 1.54) is 10.7 Å². The summed E-state index contributed by atoms with van der Waals surface area (Å²) in [5.74, 6) is -0.288. The average Bonchev–Trinajstić information content (AvgIpc) is 3.11. The van der Waals surface area contributed by atoms with Crippen LogP contribution in [0.5, 0.6) is 0 Å². The summed E-state index contributed by atoms with van der Waals surface area (Å²) in [5, 5.41) is 12.1. The van der Waals surface area contributed by atoms with Gasteiger partial charge in [0.05, 0.1) is 21.7 Å². The second-order valence-electron chi connectivity index (χ2n) is 5.85. The smallest absolute Gasteiger partial charge is 0.227 e. The van der Waals surface area contributed by atoms with E-state index < -0.39 is 5.82 Å². The molecule has 0 saturated carbocycles. The van der Waals surface area contributed by atoms with Crippen LogP contribution in [0.3, 0.4) is 0 Å². The largest absolute Gasteiger partial charge is 0.308 e. The SMILES string of the molecule is Cc1nn(CCC(=O)Nc2nn(Cc3c(F)cccc3Cl)cc2Br)cc1Cl. The molecule has 6 nitrogen and oxygen atoms in total. The van der Waals surface area contributed by atoms with Crippen LogP contribution in [0.15, 0.2) is 35.1 Å². The molecule has 1 N–H and O–H groups in total. The first-order valence-corrected chi connectivity index (χ1v) is 9.53. The van der Waals surface area contributed by atoms with Crippen molar-refractivity contribution in [2.45, 2.75) is 26.4 Å². The third-order valence-corrected chi connectivity index (χ3v) is 5.12. The molecule has 10 heteroatoms. The summed E-state index contributed by atoms with van der Waals surface area (Å²) < 4.78 is 17.6. The molecule has 3 rings (SSSR count). The van der Waals surface area contributed by atoms with Crippen LogP contribution in [0, 0.1) is 12.7 Å². The van der Waals surface area contributed by atoms with Crippen molar-refractivity contribution in [2.75, 3.05) is 5.32 Å².